The van der Waals surface area contributed by atoms with Gasteiger partial charge in [0.25, 0.3) is 0 Å². The number of aliphatic hydroxyl groups excluding tert-OH is 1. The topological polar surface area (TPSA) is 62.2 Å². The van der Waals surface area contributed by atoms with Crippen molar-refractivity contribution in [2.24, 2.45) is 5.41 Å². The summed E-state index contributed by atoms with van der Waals surface area (Å²) in [6.07, 6.45) is 2.12. The van der Waals surface area contributed by atoms with Crippen LogP contribution in [0.1, 0.15) is 43.5 Å². The van der Waals surface area contributed by atoms with Gasteiger partial charge in [-0.1, -0.05) is 32.0 Å². The van der Waals surface area contributed by atoms with E-state index in [2.05, 4.69) is 23.3 Å². The molecular formula is C20H28N2O2. The van der Waals surface area contributed by atoms with Gasteiger partial charge in [0.15, 0.2) is 0 Å². The Hall–Kier alpha value is -1.94. The molecule has 4 nitrogen and oxygen atoms in total. The number of nitrogens with one attached hydrogen (secondary N) is 1. The van der Waals surface area contributed by atoms with E-state index in [1.165, 1.54) is 0 Å². The van der Waals surface area contributed by atoms with Gasteiger partial charge in [-0.2, -0.15) is 0 Å². The van der Waals surface area contributed by atoms with Gasteiger partial charge >= 0.3 is 0 Å². The maximum absolute atomic E-state index is 12.3. The molecule has 0 aliphatic carbocycles. The van der Waals surface area contributed by atoms with Gasteiger partial charge in [-0.05, 0) is 49.3 Å². The molecule has 4 heteroatoms. The molecule has 1 aromatic carbocycles. The first-order valence-corrected chi connectivity index (χ1v) is 8.56. The van der Waals surface area contributed by atoms with Crippen LogP contribution in [0.15, 0.2) is 24.3 Å². The molecule has 1 amide bonds. The zero-order valence-corrected chi connectivity index (χ0v) is 15.1. The molecular weight excluding hydrogens is 300 g/mol. The number of aromatic nitrogens is 1. The van der Waals surface area contributed by atoms with Gasteiger partial charge in [-0.15, -0.1) is 0 Å². The van der Waals surface area contributed by atoms with E-state index in [1.807, 2.05) is 39.0 Å². The number of nitrogens with zero attached hydrogens (tertiary/aromatic N) is 1. The van der Waals surface area contributed by atoms with Crippen molar-refractivity contribution in [3.63, 3.8) is 0 Å². The number of rotatable bonds is 7. The van der Waals surface area contributed by atoms with Crippen LogP contribution in [0.5, 0.6) is 0 Å². The summed E-state index contributed by atoms with van der Waals surface area (Å²) in [6, 6.07) is 8.03. The maximum Gasteiger partial charge on any atom is 0.224 e. The van der Waals surface area contributed by atoms with Crippen LogP contribution in [-0.4, -0.2) is 29.1 Å². The number of carbonyl (C=O) groups is 1. The number of amides is 1. The van der Waals surface area contributed by atoms with Crippen molar-refractivity contribution in [1.29, 1.82) is 0 Å². The number of para-hydroxylation sites is 1. The highest BCUT2D eigenvalue weighted by atomic mass is 16.3. The first-order valence-electron chi connectivity index (χ1n) is 8.56. The summed E-state index contributed by atoms with van der Waals surface area (Å²) in [5.41, 5.74) is 3.96. The molecule has 0 spiro atoms. The van der Waals surface area contributed by atoms with Crippen molar-refractivity contribution in [3.8, 4) is 0 Å². The lowest BCUT2D eigenvalue weighted by Gasteiger charge is -2.21. The fraction of sp³-hybridized carbons (Fsp3) is 0.500. The summed E-state index contributed by atoms with van der Waals surface area (Å²) >= 11 is 0. The molecule has 1 aromatic heterocycles. The Balaban J connectivity index is 1.98. The normalized spacial score (nSPS) is 11.7. The lowest BCUT2D eigenvalue weighted by Crippen LogP contribution is -2.28. The van der Waals surface area contributed by atoms with Crippen LogP contribution >= 0.6 is 0 Å². The molecule has 130 valence electrons. The fourth-order valence-corrected chi connectivity index (χ4v) is 2.93. The second-order valence-corrected chi connectivity index (χ2v) is 7.27. The highest BCUT2D eigenvalue weighted by Crippen LogP contribution is 2.23. The number of hydrogen-bond donors (Lipinski definition) is 2. The van der Waals surface area contributed by atoms with Crippen LogP contribution in [0.3, 0.4) is 0 Å². The highest BCUT2D eigenvalue weighted by molar-refractivity contribution is 5.86. The Labute approximate surface area is 144 Å². The van der Waals surface area contributed by atoms with E-state index < -0.39 is 0 Å². The number of benzene rings is 1. The van der Waals surface area contributed by atoms with Crippen molar-refractivity contribution < 1.29 is 9.90 Å². The molecule has 0 fully saturated rings. The number of pyridine rings is 1. The summed E-state index contributed by atoms with van der Waals surface area (Å²) in [6.45, 7) is 8.89. The van der Waals surface area contributed by atoms with Gasteiger partial charge < -0.3 is 10.4 Å². The minimum Gasteiger partial charge on any atom is -0.396 e. The van der Waals surface area contributed by atoms with Gasteiger partial charge in [0.2, 0.25) is 5.91 Å². The fourth-order valence-electron chi connectivity index (χ4n) is 2.93. The predicted molar refractivity (Wildman–Crippen MR) is 98.0 cm³/mol. The first-order chi connectivity index (χ1) is 11.3. The van der Waals surface area contributed by atoms with Crippen molar-refractivity contribution in [2.75, 3.05) is 13.2 Å². The number of hydrogen-bond acceptors (Lipinski definition) is 3. The molecule has 0 saturated carbocycles. The second-order valence-electron chi connectivity index (χ2n) is 7.27. The zero-order chi connectivity index (χ0) is 17.7. The lowest BCUT2D eigenvalue weighted by atomic mass is 9.89. The van der Waals surface area contributed by atoms with E-state index in [9.17, 15) is 9.90 Å². The molecule has 1 heterocycles. The van der Waals surface area contributed by atoms with Crippen LogP contribution in [0, 0.1) is 19.3 Å². The molecule has 24 heavy (non-hydrogen) atoms. The molecule has 2 aromatic rings. The van der Waals surface area contributed by atoms with Gasteiger partial charge in [0, 0.05) is 24.2 Å². The molecule has 0 aliphatic rings. The number of aliphatic hydroxyl groups is 1. The summed E-state index contributed by atoms with van der Waals surface area (Å²) in [5, 5.41) is 13.3. The molecule has 0 bridgehead atoms. The summed E-state index contributed by atoms with van der Waals surface area (Å²) < 4.78 is 0. The Morgan fingerprint density at radius 3 is 2.67 bits per heavy atom. The average Bonchev–Trinajstić information content (AvgIpc) is 2.55. The maximum atomic E-state index is 12.3. The third-order valence-electron chi connectivity index (χ3n) is 4.60. The van der Waals surface area contributed by atoms with Crippen LogP contribution in [0.4, 0.5) is 0 Å². The quantitative estimate of drug-likeness (QED) is 0.767. The van der Waals surface area contributed by atoms with E-state index in [-0.39, 0.29) is 17.9 Å². The van der Waals surface area contributed by atoms with E-state index in [1.54, 1.807) is 0 Å². The van der Waals surface area contributed by atoms with Crippen molar-refractivity contribution in [2.45, 2.75) is 47.0 Å². The number of fused-ring (bicyclic) bond motifs is 1. The van der Waals surface area contributed by atoms with Gasteiger partial charge in [-0.25, -0.2) is 0 Å². The molecule has 0 saturated heterocycles. The minimum atomic E-state index is -0.0832. The Morgan fingerprint density at radius 2 is 1.96 bits per heavy atom. The van der Waals surface area contributed by atoms with Crippen LogP contribution < -0.4 is 5.32 Å². The Kier molecular flexibility index (Phi) is 5.94. The van der Waals surface area contributed by atoms with Crippen molar-refractivity contribution >= 4 is 16.8 Å². The third-order valence-corrected chi connectivity index (χ3v) is 4.60. The SMILES string of the molecule is Cc1nc2ccccc2c(C)c1CC(=O)NCCCC(C)(C)CO. The van der Waals surface area contributed by atoms with E-state index in [0.29, 0.717) is 13.0 Å². The van der Waals surface area contributed by atoms with Gasteiger partial charge in [0.1, 0.15) is 0 Å². The number of carbonyl (C=O) groups excluding carboxylic acids is 1. The molecule has 0 radical (unpaired) electrons. The molecule has 0 aliphatic heterocycles. The summed E-state index contributed by atoms with van der Waals surface area (Å²) in [7, 11) is 0. The predicted octanol–water partition coefficient (Wildman–Crippen LogP) is 3.31. The molecule has 0 atom stereocenters. The smallest absolute Gasteiger partial charge is 0.224 e. The summed E-state index contributed by atoms with van der Waals surface area (Å²) in [5.74, 6) is 0.0279. The van der Waals surface area contributed by atoms with Gasteiger partial charge in [0.05, 0.1) is 11.9 Å². The van der Waals surface area contributed by atoms with E-state index >= 15 is 0 Å². The van der Waals surface area contributed by atoms with E-state index in [0.717, 1.165) is 40.6 Å². The second kappa shape index (κ2) is 7.75. The monoisotopic (exact) mass is 328 g/mol. The molecule has 2 rings (SSSR count). The Bertz CT molecular complexity index is 723. The number of aryl methyl sites for hydroxylation is 2. The lowest BCUT2D eigenvalue weighted by molar-refractivity contribution is -0.120. The molecule has 0 unspecified atom stereocenters. The van der Waals surface area contributed by atoms with Gasteiger partial charge in [-0.3, -0.25) is 9.78 Å². The first kappa shape index (κ1) is 18.4. The minimum absolute atomic E-state index is 0.0279. The summed E-state index contributed by atoms with van der Waals surface area (Å²) in [4.78, 5) is 16.9. The van der Waals surface area contributed by atoms with Crippen molar-refractivity contribution in [3.05, 3.63) is 41.1 Å². The third kappa shape index (κ3) is 4.54. The standard InChI is InChI=1S/C20H28N2O2/c1-14-16-8-5-6-9-18(16)22-15(2)17(14)12-19(24)21-11-7-10-20(3,4)13-23/h5-6,8-9,23H,7,10-13H2,1-4H3,(H,21,24). The van der Waals surface area contributed by atoms with Crippen molar-refractivity contribution in [1.82, 2.24) is 10.3 Å². The Morgan fingerprint density at radius 1 is 1.25 bits per heavy atom. The zero-order valence-electron chi connectivity index (χ0n) is 15.1. The average molecular weight is 328 g/mol. The largest absolute Gasteiger partial charge is 0.396 e. The highest BCUT2D eigenvalue weighted by Gasteiger charge is 2.16. The molecule has 2 N–H and O–H groups in total. The van der Waals surface area contributed by atoms with E-state index in [4.69, 9.17) is 0 Å². The van der Waals surface area contributed by atoms with Crippen LogP contribution in [-0.2, 0) is 11.2 Å². The van der Waals surface area contributed by atoms with Crippen LogP contribution in [0.25, 0.3) is 10.9 Å². The van der Waals surface area contributed by atoms with Crippen LogP contribution in [0.2, 0.25) is 0 Å².